The summed E-state index contributed by atoms with van der Waals surface area (Å²) in [7, 11) is 0. The summed E-state index contributed by atoms with van der Waals surface area (Å²) in [6, 6.07) is 60.4. The van der Waals surface area contributed by atoms with Gasteiger partial charge in [-0.2, -0.15) is 4.57 Å². The molecule has 2 heteroatoms. The van der Waals surface area contributed by atoms with Crippen molar-refractivity contribution in [2.45, 2.75) is 70.8 Å². The molecule has 0 aliphatic carbocycles. The van der Waals surface area contributed by atoms with Crippen LogP contribution in [0, 0.1) is 13.8 Å². The van der Waals surface area contributed by atoms with Crippen molar-refractivity contribution in [1.29, 1.82) is 0 Å². The van der Waals surface area contributed by atoms with E-state index in [1.807, 2.05) is 0 Å². The van der Waals surface area contributed by atoms with E-state index >= 15 is 0 Å². The summed E-state index contributed by atoms with van der Waals surface area (Å²) in [5.74, 6) is 0. The summed E-state index contributed by atoms with van der Waals surface area (Å²) in [6.45, 7) is 14.1. The SMILES string of the molecule is CCC1(C)c2ccc(-c3ccc4c(c3)c3cccc5c3n4-c3ccccc3C5(c3ccc(C)cc3)c3ccc(C)cc3)cc2-c2c3ccccc3cc[n+]2C1(C)CC. The Morgan fingerprint density at radius 3 is 1.90 bits per heavy atom. The van der Waals surface area contributed by atoms with Crippen molar-refractivity contribution in [2.24, 2.45) is 0 Å². The number of benzene rings is 7. The van der Waals surface area contributed by atoms with E-state index in [9.17, 15) is 0 Å². The largest absolute Gasteiger partial charge is 0.309 e. The van der Waals surface area contributed by atoms with Crippen LogP contribution in [-0.2, 0) is 16.4 Å². The Kier molecular flexibility index (Phi) is 7.46. The van der Waals surface area contributed by atoms with Crippen LogP contribution in [-0.4, -0.2) is 4.57 Å². The normalized spacial score (nSPS) is 18.9. The van der Waals surface area contributed by atoms with Crippen molar-refractivity contribution < 1.29 is 4.57 Å². The van der Waals surface area contributed by atoms with Crippen LogP contribution in [0.15, 0.2) is 164 Å². The van der Waals surface area contributed by atoms with Gasteiger partial charge in [0.25, 0.3) is 0 Å². The van der Waals surface area contributed by atoms with Gasteiger partial charge in [0, 0.05) is 30.2 Å². The summed E-state index contributed by atoms with van der Waals surface area (Å²) >= 11 is 0. The van der Waals surface area contributed by atoms with Crippen LogP contribution in [0.25, 0.3) is 60.6 Å². The first-order valence-corrected chi connectivity index (χ1v) is 21.1. The molecule has 0 saturated heterocycles. The number of pyridine rings is 1. The quantitative estimate of drug-likeness (QED) is 0.155. The molecule has 0 amide bonds. The fraction of sp³-hybridized carbons (Fsp3) is 0.196. The predicted molar refractivity (Wildman–Crippen MR) is 242 cm³/mol. The van der Waals surface area contributed by atoms with Crippen molar-refractivity contribution in [3.8, 4) is 28.1 Å². The minimum Gasteiger partial charge on any atom is -0.309 e. The number of fused-ring (bicyclic) bond motifs is 10. The second kappa shape index (κ2) is 12.4. The molecule has 0 fully saturated rings. The Bertz CT molecular complexity index is 3080. The molecule has 282 valence electrons. The van der Waals surface area contributed by atoms with Gasteiger partial charge in [-0.15, -0.1) is 0 Å². The third-order valence-electron chi connectivity index (χ3n) is 14.9. The Morgan fingerprint density at radius 1 is 0.534 bits per heavy atom. The Hall–Kier alpha value is -6.25. The van der Waals surface area contributed by atoms with Crippen LogP contribution in [0.5, 0.6) is 0 Å². The molecule has 2 atom stereocenters. The lowest BCUT2D eigenvalue weighted by Gasteiger charge is -2.46. The zero-order valence-electron chi connectivity index (χ0n) is 34.4. The highest BCUT2D eigenvalue weighted by atomic mass is 15.1. The summed E-state index contributed by atoms with van der Waals surface area (Å²) in [6.07, 6.45) is 4.47. The Morgan fingerprint density at radius 2 is 1.17 bits per heavy atom. The molecule has 0 saturated carbocycles. The molecule has 2 aromatic heterocycles. The molecule has 4 heterocycles. The molecule has 7 aromatic carbocycles. The highest BCUT2D eigenvalue weighted by Crippen LogP contribution is 2.55. The number of para-hydroxylation sites is 2. The first kappa shape index (κ1) is 35.0. The lowest BCUT2D eigenvalue weighted by Crippen LogP contribution is -2.67. The number of nitrogens with zero attached hydrogens (tertiary/aromatic N) is 2. The molecule has 0 N–H and O–H groups in total. The molecule has 0 radical (unpaired) electrons. The summed E-state index contributed by atoms with van der Waals surface area (Å²) < 4.78 is 5.16. The van der Waals surface area contributed by atoms with Crippen LogP contribution in [0.4, 0.5) is 0 Å². The molecule has 0 spiro atoms. The number of rotatable bonds is 5. The molecule has 11 rings (SSSR count). The smallest absolute Gasteiger partial charge is 0.221 e. The molecule has 58 heavy (non-hydrogen) atoms. The highest BCUT2D eigenvalue weighted by molar-refractivity contribution is 6.13. The maximum absolute atomic E-state index is 2.62. The van der Waals surface area contributed by atoms with Crippen molar-refractivity contribution in [2.75, 3.05) is 0 Å². The van der Waals surface area contributed by atoms with Gasteiger partial charge in [-0.25, -0.2) is 0 Å². The second-order valence-corrected chi connectivity index (χ2v) is 17.5. The zero-order valence-corrected chi connectivity index (χ0v) is 34.4. The number of hydrogen-bond donors (Lipinski definition) is 0. The van der Waals surface area contributed by atoms with Crippen LogP contribution < -0.4 is 4.57 Å². The second-order valence-electron chi connectivity index (χ2n) is 17.5. The van der Waals surface area contributed by atoms with Gasteiger partial charge in [0.2, 0.25) is 5.69 Å². The van der Waals surface area contributed by atoms with Gasteiger partial charge >= 0.3 is 0 Å². The minimum atomic E-state index is -0.490. The molecule has 9 aromatic rings. The van der Waals surface area contributed by atoms with E-state index < -0.39 is 5.41 Å². The van der Waals surface area contributed by atoms with Crippen molar-refractivity contribution in [3.05, 3.63) is 203 Å². The van der Waals surface area contributed by atoms with Gasteiger partial charge in [0.1, 0.15) is 0 Å². The van der Waals surface area contributed by atoms with Gasteiger partial charge < -0.3 is 4.57 Å². The van der Waals surface area contributed by atoms with E-state index in [0.717, 1.165) is 12.8 Å². The van der Waals surface area contributed by atoms with Crippen LogP contribution in [0.2, 0.25) is 0 Å². The molecule has 2 nitrogen and oxygen atoms in total. The van der Waals surface area contributed by atoms with E-state index in [1.54, 1.807) is 0 Å². The molecule has 0 bridgehead atoms. The first-order valence-electron chi connectivity index (χ1n) is 21.1. The third kappa shape index (κ3) is 4.41. The third-order valence-corrected chi connectivity index (χ3v) is 14.9. The van der Waals surface area contributed by atoms with Crippen LogP contribution in [0.3, 0.4) is 0 Å². The van der Waals surface area contributed by atoms with E-state index in [1.165, 1.54) is 99.6 Å². The lowest BCUT2D eigenvalue weighted by molar-refractivity contribution is -0.764. The average molecular weight is 750 g/mol. The van der Waals surface area contributed by atoms with Crippen molar-refractivity contribution >= 4 is 32.6 Å². The standard InChI is InChI=1S/C56H49N2/c1-7-54(5)47-30-24-39(35-46(47)52-43-15-10-9-14-38(43)32-33-57(52)55(54,6)8-2)40-25-31-50-45(34-40)44-16-13-18-49-53(44)58(50)51-19-12-11-17-48(51)56(49,41-26-20-36(3)21-27-41)42-28-22-37(4)23-29-42/h9-35H,7-8H2,1-6H3/q+1. The van der Waals surface area contributed by atoms with E-state index in [2.05, 4.69) is 215 Å². The van der Waals surface area contributed by atoms with Crippen molar-refractivity contribution in [3.63, 3.8) is 0 Å². The van der Waals surface area contributed by atoms with Crippen molar-refractivity contribution in [1.82, 2.24) is 4.57 Å². The molecular weight excluding hydrogens is 701 g/mol. The molecule has 2 aliphatic heterocycles. The maximum Gasteiger partial charge on any atom is 0.221 e. The molecular formula is C56H49N2+. The summed E-state index contributed by atoms with van der Waals surface area (Å²) in [5, 5.41) is 5.17. The van der Waals surface area contributed by atoms with Crippen LogP contribution in [0.1, 0.15) is 79.5 Å². The zero-order chi connectivity index (χ0) is 39.6. The van der Waals surface area contributed by atoms with E-state index in [-0.39, 0.29) is 11.0 Å². The fourth-order valence-corrected chi connectivity index (χ4v) is 11.3. The lowest BCUT2D eigenvalue weighted by atomic mass is 9.60. The molecule has 2 unspecified atom stereocenters. The monoisotopic (exact) mass is 749 g/mol. The minimum absolute atomic E-state index is 0.0342. The van der Waals surface area contributed by atoms with Gasteiger partial charge in [-0.1, -0.05) is 146 Å². The summed E-state index contributed by atoms with van der Waals surface area (Å²) in [5.41, 5.74) is 17.5. The molecule has 2 aliphatic rings. The van der Waals surface area contributed by atoms with E-state index in [4.69, 9.17) is 0 Å². The number of aromatic nitrogens is 2. The van der Waals surface area contributed by atoms with Crippen LogP contribution >= 0.6 is 0 Å². The van der Waals surface area contributed by atoms with E-state index in [0.29, 0.717) is 0 Å². The highest BCUT2D eigenvalue weighted by Gasteiger charge is 2.56. The number of hydrogen-bond acceptors (Lipinski definition) is 0. The van der Waals surface area contributed by atoms with Gasteiger partial charge in [-0.05, 0) is 102 Å². The van der Waals surface area contributed by atoms with Gasteiger partial charge in [-0.3, -0.25) is 0 Å². The Labute approximate surface area is 342 Å². The Balaban J connectivity index is 1.18. The fourth-order valence-electron chi connectivity index (χ4n) is 11.3. The summed E-state index contributed by atoms with van der Waals surface area (Å²) in [4.78, 5) is 0. The van der Waals surface area contributed by atoms with Gasteiger partial charge in [0.15, 0.2) is 11.7 Å². The predicted octanol–water partition coefficient (Wildman–Crippen LogP) is 13.7. The number of aryl methyl sites for hydroxylation is 2. The maximum atomic E-state index is 2.62. The first-order chi connectivity index (χ1) is 28.2. The average Bonchev–Trinajstić information content (AvgIpc) is 3.60. The topological polar surface area (TPSA) is 8.81 Å². The van der Waals surface area contributed by atoms with Gasteiger partial charge in [0.05, 0.1) is 38.5 Å².